The average molecular weight is 230 g/mol. The van der Waals surface area contributed by atoms with Crippen molar-refractivity contribution in [2.45, 2.75) is 6.92 Å². The second-order valence-electron chi connectivity index (χ2n) is 3.02. The lowest BCUT2D eigenvalue weighted by Crippen LogP contribution is -2.31. The van der Waals surface area contributed by atoms with Crippen LogP contribution in [0, 0.1) is 6.92 Å². The van der Waals surface area contributed by atoms with Crippen LogP contribution in [0.2, 0.25) is 0 Å². The van der Waals surface area contributed by atoms with Crippen LogP contribution in [-0.2, 0) is 4.79 Å². The third kappa shape index (κ3) is 2.66. The summed E-state index contributed by atoms with van der Waals surface area (Å²) in [5.74, 6) is -1.55. The van der Waals surface area contributed by atoms with Gasteiger partial charge in [0.15, 0.2) is 0 Å². The molecule has 0 atom stereocenters. The zero-order valence-corrected chi connectivity index (χ0v) is 9.05. The number of carboxylic acid groups (broad SMARTS) is 1. The molecule has 0 unspecified atom stereocenters. The molecule has 0 saturated heterocycles. The molecule has 0 radical (unpaired) electrons. The van der Waals surface area contributed by atoms with E-state index in [4.69, 9.17) is 5.11 Å². The summed E-state index contributed by atoms with van der Waals surface area (Å²) in [4.78, 5) is 36.4. The smallest absolute Gasteiger partial charge is 0.323 e. The number of aromatic amines is 1. The van der Waals surface area contributed by atoms with Crippen molar-refractivity contribution in [3.8, 4) is 0 Å². The molecule has 0 aliphatic heterocycles. The van der Waals surface area contributed by atoms with E-state index in [1.54, 1.807) is 6.92 Å². The molecular weight excluding hydrogens is 220 g/mol. The molecule has 2 N–H and O–H groups in total. The molecule has 15 heavy (non-hydrogen) atoms. The molecule has 6 nitrogen and oxygen atoms in total. The fraction of sp³-hybridized carbons (Fsp3) is 0.375. The van der Waals surface area contributed by atoms with Crippen molar-refractivity contribution >= 4 is 23.2 Å². The van der Waals surface area contributed by atoms with Crippen LogP contribution in [0.1, 0.15) is 15.4 Å². The lowest BCUT2D eigenvalue weighted by Gasteiger charge is -2.13. The van der Waals surface area contributed by atoms with Crippen LogP contribution in [-0.4, -0.2) is 40.5 Å². The van der Waals surface area contributed by atoms with Crippen LogP contribution in [0.3, 0.4) is 0 Å². The first-order valence-electron chi connectivity index (χ1n) is 4.08. The van der Waals surface area contributed by atoms with E-state index >= 15 is 0 Å². The van der Waals surface area contributed by atoms with Crippen LogP contribution in [0.15, 0.2) is 4.79 Å². The predicted molar refractivity (Wildman–Crippen MR) is 54.3 cm³/mol. The van der Waals surface area contributed by atoms with Gasteiger partial charge >= 0.3 is 10.8 Å². The fourth-order valence-corrected chi connectivity index (χ4v) is 1.89. The summed E-state index contributed by atoms with van der Waals surface area (Å²) >= 11 is 0.783. The van der Waals surface area contributed by atoms with Crippen molar-refractivity contribution in [1.29, 1.82) is 0 Å². The number of hydrogen-bond donors (Lipinski definition) is 2. The summed E-state index contributed by atoms with van der Waals surface area (Å²) in [6.07, 6.45) is 0. The summed E-state index contributed by atoms with van der Waals surface area (Å²) in [6, 6.07) is 0. The third-order valence-electron chi connectivity index (χ3n) is 1.74. The number of nitrogens with one attached hydrogen (secondary N) is 1. The quantitative estimate of drug-likeness (QED) is 0.758. The van der Waals surface area contributed by atoms with Crippen molar-refractivity contribution in [3.63, 3.8) is 0 Å². The van der Waals surface area contributed by atoms with Crippen molar-refractivity contribution in [1.82, 2.24) is 9.88 Å². The highest BCUT2D eigenvalue weighted by Gasteiger charge is 2.18. The van der Waals surface area contributed by atoms with E-state index in [-0.39, 0.29) is 16.3 Å². The van der Waals surface area contributed by atoms with Gasteiger partial charge in [-0.2, -0.15) is 0 Å². The molecule has 0 fully saturated rings. The fourth-order valence-electron chi connectivity index (χ4n) is 1.06. The number of hydrogen-bond acceptors (Lipinski definition) is 4. The predicted octanol–water partition coefficient (Wildman–Crippen LogP) is -0.0986. The Morgan fingerprint density at radius 2 is 2.13 bits per heavy atom. The molecular formula is C8H10N2O4S. The van der Waals surface area contributed by atoms with Crippen molar-refractivity contribution in [2.75, 3.05) is 13.6 Å². The first-order chi connectivity index (χ1) is 6.91. The Bertz CT molecular complexity index is 448. The van der Waals surface area contributed by atoms with Crippen LogP contribution in [0.4, 0.5) is 0 Å². The number of likely N-dealkylation sites (N-methyl/N-ethyl adjacent to an activating group) is 1. The number of aromatic nitrogens is 1. The maximum Gasteiger partial charge on any atom is 0.323 e. The minimum atomic E-state index is -1.09. The Balaban J connectivity index is 2.89. The number of nitrogens with zero attached hydrogens (tertiary/aromatic N) is 1. The van der Waals surface area contributed by atoms with Gasteiger partial charge in [0.1, 0.15) is 11.4 Å². The van der Waals surface area contributed by atoms with Gasteiger partial charge in [-0.1, -0.05) is 11.3 Å². The van der Waals surface area contributed by atoms with Crippen molar-refractivity contribution in [3.05, 3.63) is 20.2 Å². The molecule has 1 rings (SSSR count). The van der Waals surface area contributed by atoms with Crippen LogP contribution in [0.5, 0.6) is 0 Å². The number of aliphatic carboxylic acids is 1. The van der Waals surface area contributed by atoms with E-state index < -0.39 is 11.9 Å². The molecule has 0 spiro atoms. The highest BCUT2D eigenvalue weighted by molar-refractivity contribution is 7.11. The first kappa shape index (κ1) is 11.4. The minimum Gasteiger partial charge on any atom is -0.480 e. The Labute approximate surface area is 89.2 Å². The molecule has 0 aliphatic carbocycles. The molecule has 7 heteroatoms. The highest BCUT2D eigenvalue weighted by Crippen LogP contribution is 2.10. The lowest BCUT2D eigenvalue weighted by atomic mass is 10.3. The number of carbonyl (C=O) groups excluding carboxylic acids is 1. The molecule has 1 aromatic rings. The Morgan fingerprint density at radius 1 is 1.53 bits per heavy atom. The first-order valence-corrected chi connectivity index (χ1v) is 4.90. The summed E-state index contributed by atoms with van der Waals surface area (Å²) < 4.78 is 0. The molecule has 82 valence electrons. The second kappa shape index (κ2) is 4.26. The highest BCUT2D eigenvalue weighted by atomic mass is 32.1. The van der Waals surface area contributed by atoms with Crippen LogP contribution >= 0.6 is 11.3 Å². The van der Waals surface area contributed by atoms with Crippen LogP contribution in [0.25, 0.3) is 0 Å². The summed E-state index contributed by atoms with van der Waals surface area (Å²) in [6.45, 7) is 1.21. The van der Waals surface area contributed by atoms with Gasteiger partial charge < -0.3 is 15.0 Å². The molecule has 0 aromatic carbocycles. The van der Waals surface area contributed by atoms with Gasteiger partial charge in [0, 0.05) is 12.7 Å². The van der Waals surface area contributed by atoms with Crippen molar-refractivity contribution < 1.29 is 14.7 Å². The summed E-state index contributed by atoms with van der Waals surface area (Å²) in [5, 5.41) is 8.49. The number of carbonyl (C=O) groups is 2. The third-order valence-corrected chi connectivity index (χ3v) is 2.71. The van der Waals surface area contributed by atoms with Gasteiger partial charge in [0.05, 0.1) is 0 Å². The number of thiazole rings is 1. The minimum absolute atomic E-state index is 0.253. The Morgan fingerprint density at radius 3 is 2.53 bits per heavy atom. The number of H-pyrrole nitrogens is 1. The molecule has 1 aromatic heterocycles. The van der Waals surface area contributed by atoms with E-state index in [1.165, 1.54) is 7.05 Å². The van der Waals surface area contributed by atoms with Gasteiger partial charge in [-0.15, -0.1) is 0 Å². The Hall–Kier alpha value is -1.63. The number of rotatable bonds is 3. The number of carboxylic acids is 1. The lowest BCUT2D eigenvalue weighted by molar-refractivity contribution is -0.137. The average Bonchev–Trinajstić information content (AvgIpc) is 2.42. The van der Waals surface area contributed by atoms with E-state index in [1.807, 2.05) is 0 Å². The molecule has 1 amide bonds. The van der Waals surface area contributed by atoms with Gasteiger partial charge in [-0.3, -0.25) is 14.4 Å². The van der Waals surface area contributed by atoms with Gasteiger partial charge in [0.2, 0.25) is 0 Å². The van der Waals surface area contributed by atoms with Gasteiger partial charge in [0.25, 0.3) is 5.91 Å². The molecule has 0 aliphatic rings. The molecule has 1 heterocycles. The molecule has 0 bridgehead atoms. The molecule has 0 saturated carbocycles. The zero-order valence-electron chi connectivity index (χ0n) is 8.23. The van der Waals surface area contributed by atoms with E-state index in [9.17, 15) is 14.4 Å². The zero-order chi connectivity index (χ0) is 11.6. The number of amides is 1. The van der Waals surface area contributed by atoms with Gasteiger partial charge in [-0.05, 0) is 6.92 Å². The second-order valence-corrected chi connectivity index (χ2v) is 4.01. The topological polar surface area (TPSA) is 90.5 Å². The Kier molecular flexibility index (Phi) is 3.25. The van der Waals surface area contributed by atoms with Crippen LogP contribution < -0.4 is 4.87 Å². The van der Waals surface area contributed by atoms with E-state index in [0.717, 1.165) is 16.2 Å². The summed E-state index contributed by atoms with van der Waals surface area (Å²) in [5.41, 5.74) is 0.465. The maximum atomic E-state index is 11.6. The van der Waals surface area contributed by atoms with E-state index in [2.05, 4.69) is 4.98 Å². The normalized spacial score (nSPS) is 10.0. The van der Waals surface area contributed by atoms with E-state index in [0.29, 0.717) is 5.69 Å². The number of aryl methyl sites for hydroxylation is 1. The SMILES string of the molecule is Cc1[nH]c(=O)sc1C(=O)N(C)CC(=O)O. The van der Waals surface area contributed by atoms with Crippen molar-refractivity contribution in [2.24, 2.45) is 0 Å². The van der Waals surface area contributed by atoms with Gasteiger partial charge in [-0.25, -0.2) is 0 Å². The summed E-state index contributed by atoms with van der Waals surface area (Å²) in [7, 11) is 1.38. The standard InChI is InChI=1S/C8H10N2O4S/c1-4-6(15-8(14)9-4)7(13)10(2)3-5(11)12/h3H2,1-2H3,(H,9,14)(H,11,12). The maximum absolute atomic E-state index is 11.6. The monoisotopic (exact) mass is 230 g/mol. The largest absolute Gasteiger partial charge is 0.480 e.